The predicted molar refractivity (Wildman–Crippen MR) is 61.1 cm³/mol. The third-order valence-electron chi connectivity index (χ3n) is 1.95. The number of nitrogens with zero attached hydrogens (tertiary/aromatic N) is 4. The Labute approximate surface area is 103 Å². The third-order valence-corrected chi connectivity index (χ3v) is 3.48. The summed E-state index contributed by atoms with van der Waals surface area (Å²) in [4.78, 5) is 7.48. The standard InChI is InChI=1S/C8H8ClN5O2S/c1-14-8(11-5-12-14)13-17(15,16)6-2-3-10-7(9)4-6/h2-5H,1H3,(H,11,12,13). The number of pyridine rings is 1. The van der Waals surface area contributed by atoms with Crippen molar-refractivity contribution in [3.8, 4) is 0 Å². The van der Waals surface area contributed by atoms with Gasteiger partial charge in [-0.25, -0.2) is 22.8 Å². The first-order valence-corrected chi connectivity index (χ1v) is 6.33. The Bertz CT molecular complexity index is 639. The predicted octanol–water partition coefficient (Wildman–Crippen LogP) is 0.664. The van der Waals surface area contributed by atoms with Crippen LogP contribution in [0.1, 0.15) is 0 Å². The Balaban J connectivity index is 2.35. The third kappa shape index (κ3) is 2.53. The van der Waals surface area contributed by atoms with Crippen molar-refractivity contribution in [2.45, 2.75) is 4.90 Å². The number of nitrogens with one attached hydrogen (secondary N) is 1. The van der Waals surface area contributed by atoms with Crippen molar-refractivity contribution in [2.24, 2.45) is 7.05 Å². The molecule has 2 aromatic heterocycles. The van der Waals surface area contributed by atoms with Gasteiger partial charge in [0, 0.05) is 13.2 Å². The summed E-state index contributed by atoms with van der Waals surface area (Å²) in [6, 6.07) is 2.59. The molecule has 0 atom stereocenters. The maximum absolute atomic E-state index is 11.9. The van der Waals surface area contributed by atoms with Gasteiger partial charge in [0.1, 0.15) is 11.5 Å². The molecule has 9 heteroatoms. The van der Waals surface area contributed by atoms with Crippen LogP contribution in [-0.2, 0) is 17.1 Å². The fraction of sp³-hybridized carbons (Fsp3) is 0.125. The van der Waals surface area contributed by atoms with Crippen molar-refractivity contribution in [3.63, 3.8) is 0 Å². The molecule has 0 radical (unpaired) electrons. The molecule has 0 aliphatic rings. The lowest BCUT2D eigenvalue weighted by molar-refractivity contribution is 0.600. The molecule has 1 N–H and O–H groups in total. The molecule has 0 spiro atoms. The van der Waals surface area contributed by atoms with Crippen LogP contribution in [0.5, 0.6) is 0 Å². The van der Waals surface area contributed by atoms with Crippen molar-refractivity contribution in [1.82, 2.24) is 19.7 Å². The molecule has 0 unspecified atom stereocenters. The molecule has 0 saturated heterocycles. The number of aromatic nitrogens is 4. The van der Waals surface area contributed by atoms with Gasteiger partial charge >= 0.3 is 0 Å². The number of hydrogen-bond acceptors (Lipinski definition) is 5. The van der Waals surface area contributed by atoms with E-state index in [1.165, 1.54) is 29.3 Å². The maximum Gasteiger partial charge on any atom is 0.264 e. The second kappa shape index (κ2) is 4.30. The van der Waals surface area contributed by atoms with Crippen molar-refractivity contribution in [2.75, 3.05) is 4.72 Å². The molecule has 7 nitrogen and oxygen atoms in total. The lowest BCUT2D eigenvalue weighted by atomic mass is 10.5. The summed E-state index contributed by atoms with van der Waals surface area (Å²) in [6.07, 6.45) is 2.56. The Morgan fingerprint density at radius 3 is 2.76 bits per heavy atom. The molecule has 2 rings (SSSR count). The minimum Gasteiger partial charge on any atom is -0.247 e. The first kappa shape index (κ1) is 11.8. The second-order valence-corrected chi connectivity index (χ2v) is 5.20. The fourth-order valence-corrected chi connectivity index (χ4v) is 2.41. The minimum absolute atomic E-state index is 0.0144. The van der Waals surface area contributed by atoms with E-state index in [0.29, 0.717) is 0 Å². The monoisotopic (exact) mass is 273 g/mol. The van der Waals surface area contributed by atoms with Crippen molar-refractivity contribution < 1.29 is 8.42 Å². The second-order valence-electron chi connectivity index (χ2n) is 3.13. The molecule has 0 bridgehead atoms. The van der Waals surface area contributed by atoms with Crippen LogP contribution in [0.3, 0.4) is 0 Å². The van der Waals surface area contributed by atoms with Gasteiger partial charge < -0.3 is 0 Å². The SMILES string of the molecule is Cn1ncnc1NS(=O)(=O)c1ccnc(Cl)c1. The van der Waals surface area contributed by atoms with E-state index < -0.39 is 10.0 Å². The molecule has 0 aromatic carbocycles. The lowest BCUT2D eigenvalue weighted by Crippen LogP contribution is -2.16. The van der Waals surface area contributed by atoms with E-state index in [1.54, 1.807) is 7.05 Å². The highest BCUT2D eigenvalue weighted by atomic mass is 35.5. The van der Waals surface area contributed by atoms with E-state index in [4.69, 9.17) is 11.6 Å². The first-order valence-electron chi connectivity index (χ1n) is 4.47. The smallest absolute Gasteiger partial charge is 0.247 e. The van der Waals surface area contributed by atoms with E-state index in [1.807, 2.05) is 0 Å². The van der Waals surface area contributed by atoms with Gasteiger partial charge in [-0.15, -0.1) is 0 Å². The van der Waals surface area contributed by atoms with Gasteiger partial charge in [0.15, 0.2) is 0 Å². The molecule has 0 aliphatic heterocycles. The zero-order valence-electron chi connectivity index (χ0n) is 8.70. The maximum atomic E-state index is 11.9. The number of rotatable bonds is 3. The highest BCUT2D eigenvalue weighted by Gasteiger charge is 2.17. The lowest BCUT2D eigenvalue weighted by Gasteiger charge is -2.06. The molecule has 2 aromatic rings. The van der Waals surface area contributed by atoms with Crippen molar-refractivity contribution in [3.05, 3.63) is 29.8 Å². The van der Waals surface area contributed by atoms with E-state index in [2.05, 4.69) is 19.8 Å². The zero-order chi connectivity index (χ0) is 12.5. The van der Waals surface area contributed by atoms with Crippen LogP contribution < -0.4 is 4.72 Å². The summed E-state index contributed by atoms with van der Waals surface area (Å²) in [5.74, 6) is 0.123. The summed E-state index contributed by atoms with van der Waals surface area (Å²) in [5.41, 5.74) is 0. The van der Waals surface area contributed by atoms with Crippen LogP contribution in [0.15, 0.2) is 29.6 Å². The van der Waals surface area contributed by atoms with Crippen LogP contribution in [-0.4, -0.2) is 28.2 Å². The first-order chi connectivity index (χ1) is 7.99. The van der Waals surface area contributed by atoms with Crippen LogP contribution in [0, 0.1) is 0 Å². The van der Waals surface area contributed by atoms with Gasteiger partial charge in [-0.3, -0.25) is 0 Å². The van der Waals surface area contributed by atoms with E-state index in [-0.39, 0.29) is 16.0 Å². The molecule has 90 valence electrons. The molecule has 0 fully saturated rings. The van der Waals surface area contributed by atoms with Gasteiger partial charge in [-0.05, 0) is 12.1 Å². The summed E-state index contributed by atoms with van der Waals surface area (Å²) in [6.45, 7) is 0. The topological polar surface area (TPSA) is 89.8 Å². The van der Waals surface area contributed by atoms with E-state index in [9.17, 15) is 8.42 Å². The summed E-state index contributed by atoms with van der Waals surface area (Å²) < 4.78 is 27.4. The summed E-state index contributed by atoms with van der Waals surface area (Å²) in [7, 11) is -2.15. The number of halogens is 1. The molecular formula is C8H8ClN5O2S. The van der Waals surface area contributed by atoms with Gasteiger partial charge in [0.2, 0.25) is 5.95 Å². The van der Waals surface area contributed by atoms with Crippen molar-refractivity contribution >= 4 is 27.6 Å². The van der Waals surface area contributed by atoms with Gasteiger partial charge in [0.05, 0.1) is 4.90 Å². The quantitative estimate of drug-likeness (QED) is 0.830. The van der Waals surface area contributed by atoms with E-state index >= 15 is 0 Å². The average Bonchev–Trinajstić information content (AvgIpc) is 2.64. The number of anilines is 1. The molecule has 2 heterocycles. The van der Waals surface area contributed by atoms with Crippen molar-refractivity contribution in [1.29, 1.82) is 0 Å². The Kier molecular flexibility index (Phi) is 2.99. The highest BCUT2D eigenvalue weighted by molar-refractivity contribution is 7.92. The molecule has 0 amide bonds. The van der Waals surface area contributed by atoms with Gasteiger partial charge in [-0.1, -0.05) is 11.6 Å². The largest absolute Gasteiger partial charge is 0.264 e. The van der Waals surface area contributed by atoms with E-state index in [0.717, 1.165) is 0 Å². The molecule has 0 saturated carbocycles. The highest BCUT2D eigenvalue weighted by Crippen LogP contribution is 2.15. The molecular weight excluding hydrogens is 266 g/mol. The minimum atomic E-state index is -3.73. The Morgan fingerprint density at radius 1 is 1.41 bits per heavy atom. The van der Waals surface area contributed by atoms with Crippen LogP contribution in [0.4, 0.5) is 5.95 Å². The van der Waals surface area contributed by atoms with Crippen LogP contribution in [0.2, 0.25) is 5.15 Å². The summed E-state index contributed by atoms with van der Waals surface area (Å²) in [5, 5.41) is 3.85. The summed E-state index contributed by atoms with van der Waals surface area (Å²) >= 11 is 5.63. The van der Waals surface area contributed by atoms with Gasteiger partial charge in [-0.2, -0.15) is 10.1 Å². The van der Waals surface area contributed by atoms with Gasteiger partial charge in [0.25, 0.3) is 10.0 Å². The normalized spacial score (nSPS) is 11.4. The zero-order valence-corrected chi connectivity index (χ0v) is 10.3. The van der Waals surface area contributed by atoms with Crippen LogP contribution >= 0.6 is 11.6 Å². The Hall–Kier alpha value is -1.67. The average molecular weight is 274 g/mol. The Morgan fingerprint density at radius 2 is 2.18 bits per heavy atom. The molecule has 0 aliphatic carbocycles. The fourth-order valence-electron chi connectivity index (χ4n) is 1.12. The molecule has 17 heavy (non-hydrogen) atoms. The van der Waals surface area contributed by atoms with Crippen LogP contribution in [0.25, 0.3) is 0 Å². The number of sulfonamides is 1. The number of aryl methyl sites for hydroxylation is 1. The number of hydrogen-bond donors (Lipinski definition) is 1.